The highest BCUT2D eigenvalue weighted by molar-refractivity contribution is 5.96. The van der Waals surface area contributed by atoms with Crippen LogP contribution in [0.1, 0.15) is 29.9 Å². The molecule has 0 spiro atoms. The van der Waals surface area contributed by atoms with Crippen molar-refractivity contribution in [3.05, 3.63) is 69.5 Å². The molecule has 2 atom stereocenters. The van der Waals surface area contributed by atoms with Crippen molar-refractivity contribution in [1.29, 1.82) is 0 Å². The fraction of sp³-hybridized carbons (Fsp3) is 0.333. The van der Waals surface area contributed by atoms with Crippen molar-refractivity contribution < 1.29 is 23.6 Å². The summed E-state index contributed by atoms with van der Waals surface area (Å²) in [6, 6.07) is 10.4. The van der Waals surface area contributed by atoms with Crippen molar-refractivity contribution in [1.82, 2.24) is 0 Å². The van der Waals surface area contributed by atoms with Crippen molar-refractivity contribution in [3.63, 3.8) is 0 Å². The number of anilines is 1. The SMILES string of the molecule is O=C(OCC(=O)N1CCCc2cc([N+](=O)[O-])ccc21)C1CC1c1ccc(F)cc1. The molecule has 0 aromatic heterocycles. The van der Waals surface area contributed by atoms with E-state index in [1.165, 1.54) is 29.2 Å². The largest absolute Gasteiger partial charge is 0.455 e. The first kappa shape index (κ1) is 19.0. The minimum absolute atomic E-state index is 0.00513. The molecule has 150 valence electrons. The van der Waals surface area contributed by atoms with Gasteiger partial charge >= 0.3 is 5.97 Å². The van der Waals surface area contributed by atoms with E-state index in [9.17, 15) is 24.1 Å². The van der Waals surface area contributed by atoms with E-state index in [0.717, 1.165) is 11.1 Å². The Kier molecular flexibility index (Phi) is 5.00. The number of nitrogens with zero attached hydrogens (tertiary/aromatic N) is 2. The maximum Gasteiger partial charge on any atom is 0.310 e. The number of ether oxygens (including phenoxy) is 1. The summed E-state index contributed by atoms with van der Waals surface area (Å²) in [5.74, 6) is -1.44. The first-order chi connectivity index (χ1) is 13.9. The topological polar surface area (TPSA) is 89.8 Å². The molecule has 2 aliphatic rings. The lowest BCUT2D eigenvalue weighted by Gasteiger charge is -2.29. The molecule has 2 aromatic rings. The van der Waals surface area contributed by atoms with Crippen LogP contribution in [0.15, 0.2) is 42.5 Å². The number of fused-ring (bicyclic) bond motifs is 1. The van der Waals surface area contributed by atoms with Gasteiger partial charge in [0.2, 0.25) is 0 Å². The van der Waals surface area contributed by atoms with Gasteiger partial charge in [0.05, 0.1) is 10.8 Å². The molecular weight excluding hydrogens is 379 g/mol. The van der Waals surface area contributed by atoms with Gasteiger partial charge in [-0.05, 0) is 54.5 Å². The van der Waals surface area contributed by atoms with Crippen LogP contribution in [0, 0.1) is 21.8 Å². The molecule has 1 aliphatic carbocycles. The predicted octanol–water partition coefficient (Wildman–Crippen LogP) is 3.36. The molecule has 2 aromatic carbocycles. The summed E-state index contributed by atoms with van der Waals surface area (Å²) in [6.07, 6.45) is 1.96. The quantitative estimate of drug-likeness (QED) is 0.438. The van der Waals surface area contributed by atoms with Gasteiger partial charge in [0.25, 0.3) is 11.6 Å². The summed E-state index contributed by atoms with van der Waals surface area (Å²) in [5.41, 5.74) is 2.23. The molecule has 7 nitrogen and oxygen atoms in total. The third-order valence-corrected chi connectivity index (χ3v) is 5.42. The highest BCUT2D eigenvalue weighted by atomic mass is 19.1. The molecule has 29 heavy (non-hydrogen) atoms. The molecule has 1 saturated carbocycles. The zero-order valence-electron chi connectivity index (χ0n) is 15.5. The van der Waals surface area contributed by atoms with Gasteiger partial charge in [0.1, 0.15) is 5.82 Å². The lowest BCUT2D eigenvalue weighted by atomic mass is 10.0. The molecule has 8 heteroatoms. The van der Waals surface area contributed by atoms with E-state index < -0.39 is 10.9 Å². The van der Waals surface area contributed by atoms with Crippen molar-refractivity contribution in [2.75, 3.05) is 18.1 Å². The lowest BCUT2D eigenvalue weighted by molar-refractivity contribution is -0.384. The average Bonchev–Trinajstić information content (AvgIpc) is 3.52. The fourth-order valence-corrected chi connectivity index (χ4v) is 3.81. The molecule has 4 rings (SSSR count). The Morgan fingerprint density at radius 3 is 2.69 bits per heavy atom. The van der Waals surface area contributed by atoms with E-state index in [-0.39, 0.29) is 35.9 Å². The van der Waals surface area contributed by atoms with Crippen LogP contribution in [0.3, 0.4) is 0 Å². The Hall–Kier alpha value is -3.29. The Labute approximate surface area is 166 Å². The van der Waals surface area contributed by atoms with E-state index in [1.54, 1.807) is 18.2 Å². The van der Waals surface area contributed by atoms with Crippen LogP contribution in [0.25, 0.3) is 0 Å². The standard InChI is InChI=1S/C21H19FN2O5/c22-15-5-3-13(4-6-15)17-11-18(17)21(26)29-12-20(25)23-9-1-2-14-10-16(24(27)28)7-8-19(14)23/h3-8,10,17-18H,1-2,9,11-12H2. The molecule has 0 saturated heterocycles. The van der Waals surface area contributed by atoms with Gasteiger partial charge in [0, 0.05) is 24.4 Å². The number of hydrogen-bond acceptors (Lipinski definition) is 5. The number of amides is 1. The number of esters is 1. The van der Waals surface area contributed by atoms with E-state index in [0.29, 0.717) is 31.5 Å². The zero-order chi connectivity index (χ0) is 20.5. The number of aryl methyl sites for hydroxylation is 1. The highest BCUT2D eigenvalue weighted by Gasteiger charge is 2.45. The Morgan fingerprint density at radius 1 is 1.21 bits per heavy atom. The highest BCUT2D eigenvalue weighted by Crippen LogP contribution is 2.48. The number of carbonyl (C=O) groups excluding carboxylic acids is 2. The third-order valence-electron chi connectivity index (χ3n) is 5.42. The summed E-state index contributed by atoms with van der Waals surface area (Å²) < 4.78 is 18.2. The van der Waals surface area contributed by atoms with Crippen LogP contribution in [0.4, 0.5) is 15.8 Å². The van der Waals surface area contributed by atoms with Crippen LogP contribution in [-0.2, 0) is 20.7 Å². The number of carbonyl (C=O) groups is 2. The van der Waals surface area contributed by atoms with Gasteiger partial charge < -0.3 is 9.64 Å². The van der Waals surface area contributed by atoms with Gasteiger partial charge in [-0.3, -0.25) is 19.7 Å². The van der Waals surface area contributed by atoms with Gasteiger partial charge in [-0.15, -0.1) is 0 Å². The van der Waals surface area contributed by atoms with Crippen LogP contribution in [0.5, 0.6) is 0 Å². The molecule has 2 unspecified atom stereocenters. The van der Waals surface area contributed by atoms with Crippen molar-refractivity contribution in [2.45, 2.75) is 25.2 Å². The number of nitro benzene ring substituents is 1. The molecule has 0 N–H and O–H groups in total. The summed E-state index contributed by atoms with van der Waals surface area (Å²) in [7, 11) is 0. The van der Waals surface area contributed by atoms with Crippen molar-refractivity contribution in [2.24, 2.45) is 5.92 Å². The minimum atomic E-state index is -0.462. The van der Waals surface area contributed by atoms with Gasteiger partial charge in [-0.1, -0.05) is 12.1 Å². The number of hydrogen-bond donors (Lipinski definition) is 0. The summed E-state index contributed by atoms with van der Waals surface area (Å²) in [4.78, 5) is 36.9. The molecule has 1 heterocycles. The number of rotatable bonds is 5. The predicted molar refractivity (Wildman–Crippen MR) is 102 cm³/mol. The normalized spacial score (nSPS) is 20.0. The summed E-state index contributed by atoms with van der Waals surface area (Å²) >= 11 is 0. The number of non-ortho nitro benzene ring substituents is 1. The number of benzene rings is 2. The van der Waals surface area contributed by atoms with Crippen molar-refractivity contribution in [3.8, 4) is 0 Å². The molecule has 1 amide bonds. The zero-order valence-corrected chi connectivity index (χ0v) is 15.5. The number of nitro groups is 1. The molecule has 0 bridgehead atoms. The monoisotopic (exact) mass is 398 g/mol. The van der Waals surface area contributed by atoms with E-state index in [2.05, 4.69) is 0 Å². The van der Waals surface area contributed by atoms with E-state index >= 15 is 0 Å². The van der Waals surface area contributed by atoms with Crippen LogP contribution in [-0.4, -0.2) is 30.0 Å². The van der Waals surface area contributed by atoms with Gasteiger partial charge in [-0.25, -0.2) is 4.39 Å². The summed E-state index contributed by atoms with van der Waals surface area (Å²) in [6.45, 7) is 0.102. The maximum absolute atomic E-state index is 13.0. The Bertz CT molecular complexity index is 976. The van der Waals surface area contributed by atoms with Gasteiger partial charge in [-0.2, -0.15) is 0 Å². The number of halogens is 1. The van der Waals surface area contributed by atoms with Gasteiger partial charge in [0.15, 0.2) is 6.61 Å². The Morgan fingerprint density at radius 2 is 1.97 bits per heavy atom. The second kappa shape index (κ2) is 7.62. The van der Waals surface area contributed by atoms with E-state index in [1.807, 2.05) is 0 Å². The fourth-order valence-electron chi connectivity index (χ4n) is 3.81. The summed E-state index contributed by atoms with van der Waals surface area (Å²) in [5, 5.41) is 10.9. The van der Waals surface area contributed by atoms with Crippen molar-refractivity contribution >= 4 is 23.3 Å². The molecule has 1 aliphatic heterocycles. The average molecular weight is 398 g/mol. The minimum Gasteiger partial charge on any atom is -0.455 e. The maximum atomic E-state index is 13.0. The van der Waals surface area contributed by atoms with Crippen LogP contribution < -0.4 is 4.90 Å². The smallest absolute Gasteiger partial charge is 0.310 e. The van der Waals surface area contributed by atoms with E-state index in [4.69, 9.17) is 4.74 Å². The molecular formula is C21H19FN2O5. The first-order valence-electron chi connectivity index (χ1n) is 9.44. The lowest BCUT2D eigenvalue weighted by Crippen LogP contribution is -2.38. The molecule has 1 fully saturated rings. The van der Waals surface area contributed by atoms with Crippen LogP contribution >= 0.6 is 0 Å². The first-order valence-corrected chi connectivity index (χ1v) is 9.44. The third kappa shape index (κ3) is 3.96. The second-order valence-corrected chi connectivity index (χ2v) is 7.33. The Balaban J connectivity index is 1.35. The molecule has 0 radical (unpaired) electrons. The second-order valence-electron chi connectivity index (χ2n) is 7.33. The van der Waals surface area contributed by atoms with Crippen LogP contribution in [0.2, 0.25) is 0 Å².